The molecule has 0 rings (SSSR count). The van der Waals surface area contributed by atoms with Gasteiger partial charge in [-0.25, -0.2) is 0 Å². The van der Waals surface area contributed by atoms with Crippen molar-refractivity contribution in [3.05, 3.63) is 6.61 Å². The van der Waals surface area contributed by atoms with Crippen LogP contribution in [0.2, 0.25) is 0 Å². The zero-order valence-electron chi connectivity index (χ0n) is 14.1. The molecule has 0 saturated carbocycles. The third kappa shape index (κ3) is 14.1. The molecule has 0 aliphatic rings. The summed E-state index contributed by atoms with van der Waals surface area (Å²) in [6.45, 7) is 5.88. The van der Waals surface area contributed by atoms with E-state index in [0.29, 0.717) is 19.5 Å². The molecule has 21 heavy (non-hydrogen) atoms. The molecule has 1 amide bonds. The molecular weight excluding hydrogens is 268 g/mol. The van der Waals surface area contributed by atoms with Crippen LogP contribution in [0.1, 0.15) is 58.3 Å². The zero-order valence-corrected chi connectivity index (χ0v) is 14.1. The maximum atomic E-state index is 11.6. The summed E-state index contributed by atoms with van der Waals surface area (Å²) < 4.78 is 0.721. The normalized spacial score (nSPS) is 11.6. The molecule has 0 aromatic rings. The quantitative estimate of drug-likeness (QED) is 0.133. The van der Waals surface area contributed by atoms with Gasteiger partial charge in [-0.1, -0.05) is 39.0 Å². The molecule has 0 atom stereocenters. The van der Waals surface area contributed by atoms with E-state index < -0.39 is 0 Å². The fourth-order valence-electron chi connectivity index (χ4n) is 2.23. The van der Waals surface area contributed by atoms with Crippen LogP contribution in [0.3, 0.4) is 0 Å². The lowest BCUT2D eigenvalue weighted by Crippen LogP contribution is -2.43. The predicted molar refractivity (Wildman–Crippen MR) is 84.4 cm³/mol. The molecular formula is C16H34N2O3. The molecule has 0 radical (unpaired) electrons. The van der Waals surface area contributed by atoms with Gasteiger partial charge in [-0.3, -0.25) is 4.79 Å². The lowest BCUT2D eigenvalue weighted by Gasteiger charge is -2.33. The SMILES string of the molecule is CCCCCCCCC(=O)NCCC[N+](C)(C)C[CH-][OH+][O-]. The van der Waals surface area contributed by atoms with Gasteiger partial charge in [-0.2, -0.15) is 0 Å². The van der Waals surface area contributed by atoms with E-state index in [1.54, 1.807) is 0 Å². The average Bonchev–Trinajstić information content (AvgIpc) is 2.45. The van der Waals surface area contributed by atoms with Crippen molar-refractivity contribution >= 4 is 5.91 Å². The standard InChI is InChI=1S/C16H34N2O3/c1-4-5-6-7-8-9-11-16(19)17-12-10-13-18(2,3)14-15-21-20/h15,21H,4-14H2,1-3H3,(H,17,19). The highest BCUT2D eigenvalue weighted by molar-refractivity contribution is 5.75. The Bertz CT molecular complexity index is 258. The molecule has 0 fully saturated rings. The fourth-order valence-corrected chi connectivity index (χ4v) is 2.23. The highest BCUT2D eigenvalue weighted by atomic mass is 17.1. The van der Waals surface area contributed by atoms with Gasteiger partial charge < -0.3 is 19.9 Å². The lowest BCUT2D eigenvalue weighted by molar-refractivity contribution is -0.895. The van der Waals surface area contributed by atoms with Crippen LogP contribution in [-0.2, 0) is 4.79 Å². The van der Waals surface area contributed by atoms with Crippen LogP contribution in [0, 0.1) is 6.61 Å². The summed E-state index contributed by atoms with van der Waals surface area (Å²) >= 11 is 0. The van der Waals surface area contributed by atoms with E-state index >= 15 is 0 Å². The van der Waals surface area contributed by atoms with Gasteiger partial charge >= 0.3 is 0 Å². The molecule has 0 aromatic carbocycles. The highest BCUT2D eigenvalue weighted by Crippen LogP contribution is 2.06. The van der Waals surface area contributed by atoms with Crippen LogP contribution in [0.4, 0.5) is 0 Å². The van der Waals surface area contributed by atoms with Gasteiger partial charge in [0.25, 0.3) is 0 Å². The van der Waals surface area contributed by atoms with Crippen molar-refractivity contribution in [2.75, 3.05) is 33.7 Å². The molecule has 126 valence electrons. The van der Waals surface area contributed by atoms with Crippen molar-refractivity contribution in [2.45, 2.75) is 58.3 Å². The smallest absolute Gasteiger partial charge is 0.219 e. The second-order valence-electron chi connectivity index (χ2n) is 6.35. The van der Waals surface area contributed by atoms with Crippen LogP contribution in [0.5, 0.6) is 0 Å². The average molecular weight is 302 g/mol. The number of rotatable bonds is 14. The minimum atomic E-state index is 0.164. The Kier molecular flexibility index (Phi) is 12.6. The minimum Gasteiger partial charge on any atom is -0.584 e. The Morgan fingerprint density at radius 1 is 1.14 bits per heavy atom. The molecule has 5 heteroatoms. The second kappa shape index (κ2) is 13.0. The molecule has 0 bridgehead atoms. The van der Waals surface area contributed by atoms with E-state index in [0.717, 1.165) is 30.3 Å². The number of quaternary nitrogens is 1. The van der Waals surface area contributed by atoms with Crippen molar-refractivity contribution in [1.82, 2.24) is 5.32 Å². The van der Waals surface area contributed by atoms with Crippen molar-refractivity contribution in [3.63, 3.8) is 0 Å². The molecule has 0 spiro atoms. The number of hydrogen-bond acceptors (Lipinski definition) is 2. The Balaban J connectivity index is 3.44. The first-order valence-electron chi connectivity index (χ1n) is 8.24. The van der Waals surface area contributed by atoms with Crippen LogP contribution >= 0.6 is 0 Å². The number of unbranched alkanes of at least 4 members (excludes halogenated alkanes) is 5. The molecule has 0 aliphatic heterocycles. The van der Waals surface area contributed by atoms with Crippen LogP contribution in [-0.4, -0.2) is 49.0 Å². The summed E-state index contributed by atoms with van der Waals surface area (Å²) in [6, 6.07) is 0. The fraction of sp³-hybridized carbons (Fsp3) is 0.875. The van der Waals surface area contributed by atoms with E-state index in [2.05, 4.69) is 31.2 Å². The van der Waals surface area contributed by atoms with E-state index in [1.165, 1.54) is 32.3 Å². The number of nitrogens with zero attached hydrogens (tertiary/aromatic N) is 1. The Morgan fingerprint density at radius 3 is 2.48 bits per heavy atom. The molecule has 2 N–H and O–H groups in total. The van der Waals surface area contributed by atoms with Crippen molar-refractivity contribution < 1.29 is 19.4 Å². The maximum Gasteiger partial charge on any atom is 0.219 e. The number of hydrogen-bond donors (Lipinski definition) is 1. The number of carbonyl (C=O) groups excluding carboxylic acids is 1. The first-order chi connectivity index (χ1) is 10.0. The summed E-state index contributed by atoms with van der Waals surface area (Å²) in [6.07, 6.45) is 8.82. The second-order valence-corrected chi connectivity index (χ2v) is 6.35. The van der Waals surface area contributed by atoms with Gasteiger partial charge in [0.15, 0.2) is 0 Å². The van der Waals surface area contributed by atoms with Crippen molar-refractivity contribution in [2.24, 2.45) is 0 Å². The first-order valence-corrected chi connectivity index (χ1v) is 8.24. The zero-order chi connectivity index (χ0) is 16.0. The summed E-state index contributed by atoms with van der Waals surface area (Å²) in [5.41, 5.74) is 0. The molecule has 0 unspecified atom stereocenters. The van der Waals surface area contributed by atoms with Crippen LogP contribution in [0.15, 0.2) is 0 Å². The van der Waals surface area contributed by atoms with E-state index in [-0.39, 0.29) is 5.91 Å². The van der Waals surface area contributed by atoms with E-state index in [4.69, 9.17) is 0 Å². The Labute approximate surface area is 130 Å². The van der Waals surface area contributed by atoms with E-state index in [9.17, 15) is 10.1 Å². The first kappa shape index (κ1) is 20.3. The largest absolute Gasteiger partial charge is 0.584 e. The molecule has 5 nitrogen and oxygen atoms in total. The maximum absolute atomic E-state index is 11.6. The van der Waals surface area contributed by atoms with Crippen molar-refractivity contribution in [3.8, 4) is 0 Å². The van der Waals surface area contributed by atoms with Crippen LogP contribution < -0.4 is 10.6 Å². The monoisotopic (exact) mass is 302 g/mol. The van der Waals surface area contributed by atoms with E-state index in [1.807, 2.05) is 0 Å². The summed E-state index contributed by atoms with van der Waals surface area (Å²) in [7, 11) is 4.11. The van der Waals surface area contributed by atoms with Gasteiger partial charge in [-0.05, 0) is 6.42 Å². The molecule has 0 heterocycles. The van der Waals surface area contributed by atoms with Crippen molar-refractivity contribution in [1.29, 1.82) is 0 Å². The van der Waals surface area contributed by atoms with Gasteiger partial charge in [0.05, 0.1) is 20.6 Å². The Morgan fingerprint density at radius 2 is 1.81 bits per heavy atom. The number of likely N-dealkylation sites (N-methyl/N-ethyl adjacent to an activating group) is 1. The number of nitrogens with one attached hydrogen (secondary N) is 1. The summed E-state index contributed by atoms with van der Waals surface area (Å²) in [5, 5.41) is 13.1. The van der Waals surface area contributed by atoms with Gasteiger partial charge in [0.1, 0.15) is 0 Å². The lowest BCUT2D eigenvalue weighted by atomic mass is 10.1. The highest BCUT2D eigenvalue weighted by Gasteiger charge is 2.11. The number of aliphatic hydroxyl groups is 1. The van der Waals surface area contributed by atoms with Gasteiger partial charge in [0.2, 0.25) is 5.91 Å². The van der Waals surface area contributed by atoms with Crippen LogP contribution in [0.25, 0.3) is 0 Å². The molecule has 0 saturated heterocycles. The summed E-state index contributed by atoms with van der Waals surface area (Å²) in [4.78, 5) is 14.4. The topological polar surface area (TPSA) is 65.0 Å². The third-order valence-electron chi connectivity index (χ3n) is 3.67. The molecule has 0 aliphatic carbocycles. The Hall–Kier alpha value is -0.650. The molecule has 0 aromatic heterocycles. The number of carbonyl (C=O) groups is 1. The minimum absolute atomic E-state index is 0.164. The third-order valence-corrected chi connectivity index (χ3v) is 3.67. The summed E-state index contributed by atoms with van der Waals surface area (Å²) in [5.74, 6) is 0.164. The van der Waals surface area contributed by atoms with Gasteiger partial charge in [-0.15, -0.1) is 0 Å². The van der Waals surface area contributed by atoms with Gasteiger partial charge in [0, 0.05) is 32.5 Å². The predicted octanol–water partition coefficient (Wildman–Crippen LogP) is 1.85. The number of amides is 1.